The maximum absolute atomic E-state index is 4.78. The van der Waals surface area contributed by atoms with Crippen LogP contribution in [0.15, 0.2) is 0 Å². The molecule has 1 aromatic heterocycles. The van der Waals surface area contributed by atoms with Gasteiger partial charge >= 0.3 is 0 Å². The molecule has 94 valence electrons. The van der Waals surface area contributed by atoms with Crippen LogP contribution in [-0.4, -0.2) is 24.6 Å². The first-order valence-electron chi connectivity index (χ1n) is 6.65. The number of thiazole rings is 1. The van der Waals surface area contributed by atoms with Gasteiger partial charge in [-0.2, -0.15) is 0 Å². The van der Waals surface area contributed by atoms with E-state index in [4.69, 9.17) is 4.98 Å². The number of aryl methyl sites for hydroxylation is 1. The molecule has 1 N–H and O–H groups in total. The van der Waals surface area contributed by atoms with Gasteiger partial charge in [-0.3, -0.25) is 0 Å². The topological polar surface area (TPSA) is 28.2 Å². The summed E-state index contributed by atoms with van der Waals surface area (Å²) in [7, 11) is 2.00. The van der Waals surface area contributed by atoms with Crippen LogP contribution < -0.4 is 10.2 Å². The van der Waals surface area contributed by atoms with Gasteiger partial charge in [-0.15, -0.1) is 11.3 Å². The number of rotatable bonds is 6. The van der Waals surface area contributed by atoms with E-state index in [0.717, 1.165) is 18.5 Å². The molecule has 2 saturated carbocycles. The van der Waals surface area contributed by atoms with Crippen LogP contribution in [0, 0.1) is 12.8 Å². The monoisotopic (exact) mass is 251 g/mol. The standard InChI is InChI=1S/C13H21N3S/c1-9-12(7-14-2)17-13(15-9)16(11-5-6-11)8-10-3-4-10/h10-11,14H,3-8H2,1-2H3. The third-order valence-electron chi connectivity index (χ3n) is 3.60. The van der Waals surface area contributed by atoms with Crippen LogP contribution in [0.1, 0.15) is 36.3 Å². The van der Waals surface area contributed by atoms with E-state index in [-0.39, 0.29) is 0 Å². The van der Waals surface area contributed by atoms with E-state index in [0.29, 0.717) is 0 Å². The first-order valence-corrected chi connectivity index (χ1v) is 7.47. The Morgan fingerprint density at radius 1 is 1.35 bits per heavy atom. The molecular weight excluding hydrogens is 230 g/mol. The van der Waals surface area contributed by atoms with Crippen molar-refractivity contribution in [3.63, 3.8) is 0 Å². The van der Waals surface area contributed by atoms with Crippen molar-refractivity contribution >= 4 is 16.5 Å². The zero-order chi connectivity index (χ0) is 11.8. The first kappa shape index (κ1) is 11.5. The Hall–Kier alpha value is -0.610. The summed E-state index contributed by atoms with van der Waals surface area (Å²) >= 11 is 1.88. The fourth-order valence-corrected chi connectivity index (χ4v) is 3.36. The maximum atomic E-state index is 4.78. The minimum atomic E-state index is 0.795. The molecule has 0 spiro atoms. The predicted molar refractivity (Wildman–Crippen MR) is 72.7 cm³/mol. The van der Waals surface area contributed by atoms with Crippen LogP contribution in [0.3, 0.4) is 0 Å². The summed E-state index contributed by atoms with van der Waals surface area (Å²) in [6, 6.07) is 0.795. The lowest BCUT2D eigenvalue weighted by Gasteiger charge is -2.21. The molecule has 0 radical (unpaired) electrons. The van der Waals surface area contributed by atoms with Crippen molar-refractivity contribution in [1.29, 1.82) is 0 Å². The molecule has 0 atom stereocenters. The summed E-state index contributed by atoms with van der Waals surface area (Å²) < 4.78 is 0. The summed E-state index contributed by atoms with van der Waals surface area (Å²) in [5.74, 6) is 0.951. The quantitative estimate of drug-likeness (QED) is 0.842. The first-order chi connectivity index (χ1) is 8.28. The van der Waals surface area contributed by atoms with E-state index in [1.165, 1.54) is 47.9 Å². The maximum Gasteiger partial charge on any atom is 0.186 e. The Morgan fingerprint density at radius 3 is 2.71 bits per heavy atom. The molecule has 0 saturated heterocycles. The molecule has 2 aliphatic rings. The van der Waals surface area contributed by atoms with Gasteiger partial charge in [0.15, 0.2) is 5.13 Å². The lowest BCUT2D eigenvalue weighted by atomic mass is 10.3. The highest BCUT2D eigenvalue weighted by Gasteiger charge is 2.35. The van der Waals surface area contributed by atoms with Crippen LogP contribution in [0.4, 0.5) is 5.13 Å². The van der Waals surface area contributed by atoms with Crippen LogP contribution >= 0.6 is 11.3 Å². The van der Waals surface area contributed by atoms with Gasteiger partial charge in [-0.05, 0) is 45.6 Å². The van der Waals surface area contributed by atoms with Gasteiger partial charge in [0.2, 0.25) is 0 Å². The zero-order valence-electron chi connectivity index (χ0n) is 10.7. The Labute approximate surface area is 107 Å². The van der Waals surface area contributed by atoms with Crippen molar-refractivity contribution in [3.8, 4) is 0 Å². The van der Waals surface area contributed by atoms with E-state index < -0.39 is 0 Å². The van der Waals surface area contributed by atoms with Gasteiger partial charge in [0.05, 0.1) is 5.69 Å². The molecule has 3 nitrogen and oxygen atoms in total. The van der Waals surface area contributed by atoms with Crippen molar-refractivity contribution < 1.29 is 0 Å². The second-order valence-corrected chi connectivity index (χ2v) is 6.42. The number of anilines is 1. The van der Waals surface area contributed by atoms with Gasteiger partial charge in [0.25, 0.3) is 0 Å². The third-order valence-corrected chi connectivity index (χ3v) is 4.80. The van der Waals surface area contributed by atoms with Crippen molar-refractivity contribution in [2.45, 2.75) is 45.2 Å². The van der Waals surface area contributed by atoms with Gasteiger partial charge < -0.3 is 10.2 Å². The molecular formula is C13H21N3S. The molecule has 2 fully saturated rings. The smallest absolute Gasteiger partial charge is 0.186 e. The average Bonchev–Trinajstić information content (AvgIpc) is 3.18. The van der Waals surface area contributed by atoms with E-state index in [9.17, 15) is 0 Å². The van der Waals surface area contributed by atoms with Gasteiger partial charge in [-0.25, -0.2) is 4.98 Å². The molecule has 0 bridgehead atoms. The third kappa shape index (κ3) is 2.63. The second kappa shape index (κ2) is 4.58. The molecule has 0 unspecified atom stereocenters. The molecule has 1 heterocycles. The average molecular weight is 251 g/mol. The SMILES string of the molecule is CNCc1sc(N(CC2CC2)C2CC2)nc1C. The van der Waals surface area contributed by atoms with Gasteiger partial charge in [0.1, 0.15) is 0 Å². The van der Waals surface area contributed by atoms with Gasteiger partial charge in [0, 0.05) is 24.0 Å². The minimum absolute atomic E-state index is 0.795. The van der Waals surface area contributed by atoms with Crippen LogP contribution in [0.5, 0.6) is 0 Å². The van der Waals surface area contributed by atoms with Crippen LogP contribution in [-0.2, 0) is 6.54 Å². The number of hydrogen-bond donors (Lipinski definition) is 1. The summed E-state index contributed by atoms with van der Waals surface area (Å²) in [5.41, 5.74) is 1.21. The molecule has 2 aliphatic carbocycles. The Bertz CT molecular complexity index is 393. The molecule has 0 amide bonds. The van der Waals surface area contributed by atoms with Crippen molar-refractivity contribution in [1.82, 2.24) is 10.3 Å². The highest BCUT2D eigenvalue weighted by Crippen LogP contribution is 2.39. The number of hydrogen-bond acceptors (Lipinski definition) is 4. The van der Waals surface area contributed by atoms with Crippen LogP contribution in [0.2, 0.25) is 0 Å². The molecule has 0 aromatic carbocycles. The zero-order valence-corrected chi connectivity index (χ0v) is 11.5. The summed E-state index contributed by atoms with van der Waals surface area (Å²) in [5, 5.41) is 4.49. The van der Waals surface area contributed by atoms with E-state index >= 15 is 0 Å². The highest BCUT2D eigenvalue weighted by atomic mass is 32.1. The highest BCUT2D eigenvalue weighted by molar-refractivity contribution is 7.15. The normalized spacial score (nSPS) is 19.6. The second-order valence-electron chi connectivity index (χ2n) is 5.36. The summed E-state index contributed by atoms with van der Waals surface area (Å²) in [4.78, 5) is 8.75. The number of nitrogens with one attached hydrogen (secondary N) is 1. The van der Waals surface area contributed by atoms with Crippen molar-refractivity contribution in [3.05, 3.63) is 10.6 Å². The van der Waals surface area contributed by atoms with E-state index in [1.807, 2.05) is 18.4 Å². The molecule has 1 aromatic rings. The van der Waals surface area contributed by atoms with E-state index in [1.54, 1.807) is 0 Å². The van der Waals surface area contributed by atoms with Crippen molar-refractivity contribution in [2.24, 2.45) is 5.92 Å². The molecule has 0 aliphatic heterocycles. The minimum Gasteiger partial charge on any atom is -0.345 e. The fourth-order valence-electron chi connectivity index (χ4n) is 2.21. The number of nitrogens with zero attached hydrogens (tertiary/aromatic N) is 2. The lowest BCUT2D eigenvalue weighted by molar-refractivity contribution is 0.715. The largest absolute Gasteiger partial charge is 0.345 e. The molecule has 17 heavy (non-hydrogen) atoms. The predicted octanol–water partition coefficient (Wildman–Crippen LogP) is 2.55. The Balaban J connectivity index is 1.76. The summed E-state index contributed by atoms with van der Waals surface area (Å²) in [6.07, 6.45) is 5.59. The van der Waals surface area contributed by atoms with Crippen LogP contribution in [0.25, 0.3) is 0 Å². The van der Waals surface area contributed by atoms with Crippen molar-refractivity contribution in [2.75, 3.05) is 18.5 Å². The summed E-state index contributed by atoms with van der Waals surface area (Å²) in [6.45, 7) is 4.33. The number of aromatic nitrogens is 1. The van der Waals surface area contributed by atoms with E-state index in [2.05, 4.69) is 17.1 Å². The Kier molecular flexibility index (Phi) is 3.09. The molecule has 3 rings (SSSR count). The van der Waals surface area contributed by atoms with Gasteiger partial charge in [-0.1, -0.05) is 0 Å². The lowest BCUT2D eigenvalue weighted by Crippen LogP contribution is -2.27. The fraction of sp³-hybridized carbons (Fsp3) is 0.769. The Morgan fingerprint density at radius 2 is 2.12 bits per heavy atom. The molecule has 4 heteroatoms.